The smallest absolute Gasteiger partial charge is 0.277 e. The van der Waals surface area contributed by atoms with Crippen LogP contribution in [0.5, 0.6) is 0 Å². The highest BCUT2D eigenvalue weighted by Crippen LogP contribution is 2.31. The number of rotatable bonds is 8. The minimum atomic E-state index is -1.37. The molecule has 2 aromatic carbocycles. The zero-order valence-corrected chi connectivity index (χ0v) is 18.4. The zero-order valence-electron chi connectivity index (χ0n) is 16.2. The fourth-order valence-electron chi connectivity index (χ4n) is 3.27. The number of hydroxylamine groups is 1. The van der Waals surface area contributed by atoms with Crippen molar-refractivity contribution in [3.63, 3.8) is 0 Å². The number of amides is 1. The maximum atomic E-state index is 15.0. The molecule has 0 aromatic heterocycles. The van der Waals surface area contributed by atoms with Gasteiger partial charge in [-0.15, -0.1) is 0 Å². The molecule has 1 amide bonds. The van der Waals surface area contributed by atoms with Crippen LogP contribution in [0.3, 0.4) is 0 Å². The van der Waals surface area contributed by atoms with E-state index in [9.17, 15) is 18.7 Å². The standard InChI is InChI=1S/C20H21F3IN3O4/c21-13-9-11(24)1-2-14(13)26-19-12(20(30)27-31-6-5-28)7-10(17(22)18(19)23)8-15-16(29)3-4-25-15/h1-2,7,9,15-16,25-26,28-29H,3-6,8H2,(H,27,30). The van der Waals surface area contributed by atoms with Gasteiger partial charge in [-0.05, 0) is 71.8 Å². The van der Waals surface area contributed by atoms with Crippen molar-refractivity contribution in [2.24, 2.45) is 0 Å². The number of benzene rings is 2. The molecule has 31 heavy (non-hydrogen) atoms. The monoisotopic (exact) mass is 551 g/mol. The topological polar surface area (TPSA) is 103 Å². The molecule has 168 valence electrons. The van der Waals surface area contributed by atoms with Crippen molar-refractivity contribution in [3.05, 3.63) is 56.4 Å². The van der Waals surface area contributed by atoms with Crippen molar-refractivity contribution in [2.75, 3.05) is 25.1 Å². The van der Waals surface area contributed by atoms with Crippen LogP contribution in [0.4, 0.5) is 24.5 Å². The van der Waals surface area contributed by atoms with E-state index >= 15 is 4.39 Å². The molecular weight excluding hydrogens is 530 g/mol. The van der Waals surface area contributed by atoms with Crippen LogP contribution in [0.1, 0.15) is 22.3 Å². The van der Waals surface area contributed by atoms with E-state index in [1.54, 1.807) is 6.07 Å². The molecule has 0 aliphatic carbocycles. The second kappa shape index (κ2) is 10.6. The van der Waals surface area contributed by atoms with Crippen LogP contribution in [-0.2, 0) is 11.3 Å². The number of aliphatic hydroxyl groups is 2. The van der Waals surface area contributed by atoms with Crippen molar-refractivity contribution < 1.29 is 33.0 Å². The Morgan fingerprint density at radius 1 is 1.26 bits per heavy atom. The number of carbonyl (C=O) groups is 1. The molecule has 2 unspecified atom stereocenters. The highest BCUT2D eigenvalue weighted by molar-refractivity contribution is 14.1. The van der Waals surface area contributed by atoms with Crippen LogP contribution in [0, 0.1) is 21.0 Å². The Bertz CT molecular complexity index is 964. The van der Waals surface area contributed by atoms with Crippen LogP contribution in [0.2, 0.25) is 0 Å². The van der Waals surface area contributed by atoms with Gasteiger partial charge in [0.25, 0.3) is 5.91 Å². The number of anilines is 2. The molecule has 11 heteroatoms. The van der Waals surface area contributed by atoms with Crippen molar-refractivity contribution in [1.29, 1.82) is 0 Å². The fraction of sp³-hybridized carbons (Fsp3) is 0.350. The first-order valence-electron chi connectivity index (χ1n) is 9.49. The van der Waals surface area contributed by atoms with E-state index in [4.69, 9.17) is 9.94 Å². The average molecular weight is 551 g/mol. The van der Waals surface area contributed by atoms with Crippen molar-refractivity contribution >= 4 is 39.9 Å². The molecule has 0 saturated carbocycles. The maximum absolute atomic E-state index is 15.0. The molecule has 1 heterocycles. The quantitative estimate of drug-likeness (QED) is 0.196. The van der Waals surface area contributed by atoms with Crippen LogP contribution in [0.15, 0.2) is 24.3 Å². The summed E-state index contributed by atoms with van der Waals surface area (Å²) in [5.41, 5.74) is 0.876. The summed E-state index contributed by atoms with van der Waals surface area (Å²) >= 11 is 1.90. The van der Waals surface area contributed by atoms with Crippen LogP contribution in [0.25, 0.3) is 0 Å². The van der Waals surface area contributed by atoms with Crippen LogP contribution in [-0.4, -0.2) is 48.0 Å². The van der Waals surface area contributed by atoms with Gasteiger partial charge in [0.2, 0.25) is 0 Å². The van der Waals surface area contributed by atoms with Gasteiger partial charge in [-0.1, -0.05) is 0 Å². The third-order valence-electron chi connectivity index (χ3n) is 4.83. The number of carbonyl (C=O) groups excluding carboxylic acids is 1. The summed E-state index contributed by atoms with van der Waals surface area (Å²) in [5.74, 6) is -4.20. The van der Waals surface area contributed by atoms with E-state index < -0.39 is 41.2 Å². The first-order chi connectivity index (χ1) is 14.8. The molecule has 1 aliphatic rings. The molecule has 2 aromatic rings. The Balaban J connectivity index is 2.00. The number of aliphatic hydroxyl groups excluding tert-OH is 2. The predicted octanol–water partition coefficient (Wildman–Crippen LogP) is 2.37. The fourth-order valence-corrected chi connectivity index (χ4v) is 3.72. The summed E-state index contributed by atoms with van der Waals surface area (Å²) in [4.78, 5) is 17.4. The summed E-state index contributed by atoms with van der Waals surface area (Å²) in [6, 6.07) is 4.73. The van der Waals surface area contributed by atoms with E-state index in [1.165, 1.54) is 12.1 Å². The molecule has 3 rings (SSSR count). The second-order valence-corrected chi connectivity index (χ2v) is 8.21. The summed E-state index contributed by atoms with van der Waals surface area (Å²) in [6.45, 7) is -0.0491. The molecule has 7 nitrogen and oxygen atoms in total. The molecule has 5 N–H and O–H groups in total. The van der Waals surface area contributed by atoms with Gasteiger partial charge in [-0.25, -0.2) is 18.7 Å². The van der Waals surface area contributed by atoms with Gasteiger partial charge in [0.15, 0.2) is 11.6 Å². The average Bonchev–Trinajstić information content (AvgIpc) is 3.13. The van der Waals surface area contributed by atoms with Gasteiger partial charge >= 0.3 is 0 Å². The number of hydrogen-bond donors (Lipinski definition) is 5. The lowest BCUT2D eigenvalue weighted by Gasteiger charge is -2.19. The Morgan fingerprint density at radius 2 is 2.03 bits per heavy atom. The normalized spacial score (nSPS) is 18.3. The lowest BCUT2D eigenvalue weighted by Crippen LogP contribution is -2.33. The lowest BCUT2D eigenvalue weighted by atomic mass is 9.98. The van der Waals surface area contributed by atoms with E-state index in [2.05, 4.69) is 10.6 Å². The van der Waals surface area contributed by atoms with Gasteiger partial charge < -0.3 is 20.8 Å². The maximum Gasteiger partial charge on any atom is 0.277 e. The predicted molar refractivity (Wildman–Crippen MR) is 115 cm³/mol. The Kier molecular flexibility index (Phi) is 8.11. The molecule has 1 saturated heterocycles. The molecule has 2 atom stereocenters. The van der Waals surface area contributed by atoms with Crippen LogP contribution < -0.4 is 16.1 Å². The van der Waals surface area contributed by atoms with Crippen LogP contribution >= 0.6 is 22.6 Å². The Hall–Kier alpha value is -1.93. The van der Waals surface area contributed by atoms with Crippen molar-refractivity contribution in [3.8, 4) is 0 Å². The van der Waals surface area contributed by atoms with Gasteiger partial charge in [-0.3, -0.25) is 9.63 Å². The summed E-state index contributed by atoms with van der Waals surface area (Å²) < 4.78 is 44.7. The Morgan fingerprint density at radius 3 is 2.68 bits per heavy atom. The van der Waals surface area contributed by atoms with E-state index in [0.29, 0.717) is 16.5 Å². The summed E-state index contributed by atoms with van der Waals surface area (Å²) in [5, 5.41) is 24.2. The van der Waals surface area contributed by atoms with E-state index in [-0.39, 0.29) is 36.4 Å². The molecular formula is C20H21F3IN3O4. The van der Waals surface area contributed by atoms with Gasteiger partial charge in [-0.2, -0.15) is 0 Å². The van der Waals surface area contributed by atoms with Gasteiger partial charge in [0.1, 0.15) is 5.82 Å². The van der Waals surface area contributed by atoms with Crippen molar-refractivity contribution in [1.82, 2.24) is 10.8 Å². The molecule has 0 radical (unpaired) electrons. The van der Waals surface area contributed by atoms with Gasteiger partial charge in [0, 0.05) is 9.61 Å². The third kappa shape index (κ3) is 5.66. The Labute approximate surface area is 190 Å². The first kappa shape index (κ1) is 23.7. The zero-order chi connectivity index (χ0) is 22.5. The molecule has 1 fully saturated rings. The minimum Gasteiger partial charge on any atom is -0.394 e. The largest absolute Gasteiger partial charge is 0.394 e. The summed E-state index contributed by atoms with van der Waals surface area (Å²) in [7, 11) is 0. The van der Waals surface area contributed by atoms with Crippen molar-refractivity contribution in [2.45, 2.75) is 25.0 Å². The number of nitrogens with one attached hydrogen (secondary N) is 3. The SMILES string of the molecule is O=C(NOCCO)c1cc(CC2NCCC2O)c(F)c(F)c1Nc1ccc(I)cc1F. The van der Waals surface area contributed by atoms with E-state index in [1.807, 2.05) is 28.1 Å². The highest BCUT2D eigenvalue weighted by Gasteiger charge is 2.29. The molecule has 0 spiro atoms. The third-order valence-corrected chi connectivity index (χ3v) is 5.50. The second-order valence-electron chi connectivity index (χ2n) is 6.96. The molecule has 1 aliphatic heterocycles. The lowest BCUT2D eigenvalue weighted by molar-refractivity contribution is 0.0168. The molecule has 0 bridgehead atoms. The highest BCUT2D eigenvalue weighted by atomic mass is 127. The minimum absolute atomic E-state index is 0.0557. The first-order valence-corrected chi connectivity index (χ1v) is 10.6. The number of hydrogen-bond acceptors (Lipinski definition) is 6. The number of halogens is 4. The summed E-state index contributed by atoms with van der Waals surface area (Å²) in [6.07, 6.45) is -0.311. The van der Waals surface area contributed by atoms with Gasteiger partial charge in [0.05, 0.1) is 36.3 Å². The van der Waals surface area contributed by atoms with E-state index in [0.717, 1.165) is 6.07 Å².